The first kappa shape index (κ1) is 14.0. The lowest BCUT2D eigenvalue weighted by molar-refractivity contribution is -0.137. The summed E-state index contributed by atoms with van der Waals surface area (Å²) in [7, 11) is 0. The summed E-state index contributed by atoms with van der Waals surface area (Å²) in [5, 5.41) is 8.48. The molecule has 0 spiro atoms. The van der Waals surface area contributed by atoms with E-state index in [1.807, 2.05) is 6.92 Å². The maximum atomic E-state index is 10.3. The molecule has 0 bridgehead atoms. The van der Waals surface area contributed by atoms with E-state index in [1.165, 1.54) is 25.7 Å². The van der Waals surface area contributed by atoms with Gasteiger partial charge in [0.1, 0.15) is 0 Å². The van der Waals surface area contributed by atoms with Gasteiger partial charge in [-0.1, -0.05) is 33.1 Å². The highest BCUT2D eigenvalue weighted by atomic mass is 16.4. The van der Waals surface area contributed by atoms with E-state index in [0.717, 1.165) is 6.42 Å². The van der Waals surface area contributed by atoms with E-state index >= 15 is 0 Å². The second-order valence-electron chi connectivity index (χ2n) is 3.97. The van der Waals surface area contributed by atoms with Crippen molar-refractivity contribution in [2.24, 2.45) is 5.92 Å². The molecule has 0 aromatic heterocycles. The van der Waals surface area contributed by atoms with Crippen LogP contribution in [0.25, 0.3) is 0 Å². The Morgan fingerprint density at radius 3 is 2.67 bits per heavy atom. The van der Waals surface area contributed by atoms with Crippen LogP contribution in [0.2, 0.25) is 0 Å². The molecule has 0 amide bonds. The van der Waals surface area contributed by atoms with Gasteiger partial charge in [-0.05, 0) is 12.8 Å². The molecule has 1 atom stereocenters. The normalized spacial score (nSPS) is 11.6. The lowest BCUT2D eigenvalue weighted by Gasteiger charge is -1.99. The molecule has 2 heteroatoms. The van der Waals surface area contributed by atoms with Crippen LogP contribution in [0, 0.1) is 17.8 Å². The zero-order valence-corrected chi connectivity index (χ0v) is 9.88. The molecule has 86 valence electrons. The molecule has 0 fully saturated rings. The smallest absolute Gasteiger partial charge is 0.303 e. The molecule has 0 aliphatic rings. The second-order valence-corrected chi connectivity index (χ2v) is 3.97. The van der Waals surface area contributed by atoms with Crippen LogP contribution >= 0.6 is 0 Å². The summed E-state index contributed by atoms with van der Waals surface area (Å²) in [4.78, 5) is 10.3. The van der Waals surface area contributed by atoms with Crippen LogP contribution in [0.5, 0.6) is 0 Å². The quantitative estimate of drug-likeness (QED) is 0.516. The van der Waals surface area contributed by atoms with Gasteiger partial charge in [0.25, 0.3) is 0 Å². The highest BCUT2D eigenvalue weighted by Gasteiger charge is 2.01. The van der Waals surface area contributed by atoms with Gasteiger partial charge in [0, 0.05) is 18.8 Å². The third kappa shape index (κ3) is 11.0. The molecule has 1 N–H and O–H groups in total. The predicted molar refractivity (Wildman–Crippen MR) is 62.6 cm³/mol. The van der Waals surface area contributed by atoms with E-state index in [1.54, 1.807) is 0 Å². The monoisotopic (exact) mass is 210 g/mol. The van der Waals surface area contributed by atoms with Crippen molar-refractivity contribution in [1.29, 1.82) is 0 Å². The lowest BCUT2D eigenvalue weighted by Crippen LogP contribution is -1.98. The van der Waals surface area contributed by atoms with E-state index in [0.29, 0.717) is 6.42 Å². The maximum absolute atomic E-state index is 10.3. The number of unbranched alkanes of at least 4 members (excludes halogenated alkanes) is 4. The molecule has 0 rings (SSSR count). The Hall–Kier alpha value is -0.970. The van der Waals surface area contributed by atoms with Gasteiger partial charge in [0.05, 0.1) is 0 Å². The molecule has 0 saturated heterocycles. The van der Waals surface area contributed by atoms with Crippen molar-refractivity contribution < 1.29 is 9.90 Å². The van der Waals surface area contributed by atoms with E-state index in [2.05, 4.69) is 18.8 Å². The Bertz CT molecular complexity index is 222. The van der Waals surface area contributed by atoms with E-state index in [4.69, 9.17) is 5.11 Å². The molecule has 0 aromatic rings. The first-order chi connectivity index (χ1) is 7.16. The van der Waals surface area contributed by atoms with E-state index < -0.39 is 5.97 Å². The Morgan fingerprint density at radius 2 is 2.07 bits per heavy atom. The van der Waals surface area contributed by atoms with Gasteiger partial charge in [-0.2, -0.15) is 0 Å². The highest BCUT2D eigenvalue weighted by Crippen LogP contribution is 2.05. The van der Waals surface area contributed by atoms with Gasteiger partial charge < -0.3 is 5.11 Å². The van der Waals surface area contributed by atoms with Gasteiger partial charge >= 0.3 is 5.97 Å². The van der Waals surface area contributed by atoms with E-state index in [-0.39, 0.29) is 12.3 Å². The predicted octanol–water partition coefficient (Wildman–Crippen LogP) is 3.46. The fourth-order valence-corrected chi connectivity index (χ4v) is 1.30. The number of carboxylic acids is 1. The summed E-state index contributed by atoms with van der Waals surface area (Å²) in [6, 6.07) is 0. The molecular weight excluding hydrogens is 188 g/mol. The Labute approximate surface area is 93.1 Å². The fraction of sp³-hybridized carbons (Fsp3) is 0.769. The zero-order chi connectivity index (χ0) is 11.5. The summed E-state index contributed by atoms with van der Waals surface area (Å²) in [6.07, 6.45) is 6.82. The number of carboxylic acid groups (broad SMARTS) is 1. The summed E-state index contributed by atoms with van der Waals surface area (Å²) >= 11 is 0. The lowest BCUT2D eigenvalue weighted by atomic mass is 10.1. The zero-order valence-electron chi connectivity index (χ0n) is 9.88. The van der Waals surface area contributed by atoms with Crippen LogP contribution in [-0.4, -0.2) is 11.1 Å². The summed E-state index contributed by atoms with van der Waals surface area (Å²) < 4.78 is 0. The molecule has 0 aliphatic heterocycles. The summed E-state index contributed by atoms with van der Waals surface area (Å²) in [5.74, 6) is 5.71. The molecule has 0 saturated carbocycles. The molecular formula is C13H22O2. The highest BCUT2D eigenvalue weighted by molar-refractivity contribution is 5.66. The molecule has 0 aromatic carbocycles. The molecule has 0 radical (unpaired) electrons. The molecule has 0 aliphatic carbocycles. The van der Waals surface area contributed by atoms with Crippen molar-refractivity contribution in [1.82, 2.24) is 0 Å². The van der Waals surface area contributed by atoms with Gasteiger partial charge in [-0.15, -0.1) is 11.8 Å². The van der Waals surface area contributed by atoms with Crippen LogP contribution in [-0.2, 0) is 4.79 Å². The van der Waals surface area contributed by atoms with E-state index in [9.17, 15) is 4.79 Å². The van der Waals surface area contributed by atoms with Crippen molar-refractivity contribution in [3.63, 3.8) is 0 Å². The third-order valence-electron chi connectivity index (χ3n) is 2.30. The molecule has 2 nitrogen and oxygen atoms in total. The minimum atomic E-state index is -0.730. The van der Waals surface area contributed by atoms with Crippen LogP contribution in [0.3, 0.4) is 0 Å². The first-order valence-corrected chi connectivity index (χ1v) is 5.87. The van der Waals surface area contributed by atoms with Gasteiger partial charge in [0.2, 0.25) is 0 Å². The average Bonchev–Trinajstić information content (AvgIpc) is 2.20. The number of hydrogen-bond donors (Lipinski definition) is 1. The Kier molecular flexibility index (Phi) is 8.96. The topological polar surface area (TPSA) is 37.3 Å². The SMILES string of the molecule is CCCCCCC#CC(C)CCC(=O)O. The molecule has 15 heavy (non-hydrogen) atoms. The summed E-state index contributed by atoms with van der Waals surface area (Å²) in [5.41, 5.74) is 0. The average molecular weight is 210 g/mol. The minimum absolute atomic E-state index is 0.215. The largest absolute Gasteiger partial charge is 0.481 e. The number of carbonyl (C=O) groups is 1. The third-order valence-corrected chi connectivity index (χ3v) is 2.30. The van der Waals surface area contributed by atoms with Gasteiger partial charge in [-0.25, -0.2) is 0 Å². The van der Waals surface area contributed by atoms with Gasteiger partial charge in [0.15, 0.2) is 0 Å². The number of aliphatic carboxylic acids is 1. The number of rotatable bonds is 7. The molecule has 1 unspecified atom stereocenters. The number of hydrogen-bond acceptors (Lipinski definition) is 1. The van der Waals surface area contributed by atoms with Crippen LogP contribution in [0.1, 0.15) is 58.8 Å². The van der Waals surface area contributed by atoms with Crippen LogP contribution in [0.15, 0.2) is 0 Å². The van der Waals surface area contributed by atoms with Crippen molar-refractivity contribution in [3.05, 3.63) is 0 Å². The van der Waals surface area contributed by atoms with Crippen molar-refractivity contribution in [2.75, 3.05) is 0 Å². The van der Waals surface area contributed by atoms with Crippen molar-refractivity contribution in [3.8, 4) is 11.8 Å². The van der Waals surface area contributed by atoms with Gasteiger partial charge in [-0.3, -0.25) is 4.79 Å². The molecule has 0 heterocycles. The van der Waals surface area contributed by atoms with Crippen molar-refractivity contribution in [2.45, 2.75) is 58.8 Å². The Morgan fingerprint density at radius 1 is 1.33 bits per heavy atom. The maximum Gasteiger partial charge on any atom is 0.303 e. The van der Waals surface area contributed by atoms with Crippen LogP contribution < -0.4 is 0 Å². The van der Waals surface area contributed by atoms with Crippen molar-refractivity contribution >= 4 is 5.97 Å². The minimum Gasteiger partial charge on any atom is -0.481 e. The fourth-order valence-electron chi connectivity index (χ4n) is 1.30. The Balaban J connectivity index is 3.45. The standard InChI is InChI=1S/C13H22O2/c1-3-4-5-6-7-8-9-12(2)10-11-13(14)15/h12H,3-7,10-11H2,1-2H3,(H,14,15). The first-order valence-electron chi connectivity index (χ1n) is 5.87. The summed E-state index contributed by atoms with van der Waals surface area (Å²) in [6.45, 7) is 4.18. The second kappa shape index (κ2) is 9.58. The van der Waals surface area contributed by atoms with Crippen LogP contribution in [0.4, 0.5) is 0 Å².